The highest BCUT2D eigenvalue weighted by molar-refractivity contribution is 7.82. The molecule has 0 saturated heterocycles. The molecule has 2 rings (SSSR count). The van der Waals surface area contributed by atoms with Crippen LogP contribution in [0.3, 0.4) is 0 Å². The summed E-state index contributed by atoms with van der Waals surface area (Å²) in [7, 11) is -1.02. The maximum atomic E-state index is 2.54. The number of benzene rings is 2. The SMILES string of the molecule is CCCCCCCCCCCCCCCC[P+](C)(C)c1cccc2ccccc12.[Cl-]. The monoisotopic (exact) mass is 448 g/mol. The van der Waals surface area contributed by atoms with E-state index in [1.165, 1.54) is 107 Å². The molecule has 0 aliphatic carbocycles. The van der Waals surface area contributed by atoms with Crippen molar-refractivity contribution in [3.05, 3.63) is 42.5 Å². The van der Waals surface area contributed by atoms with Crippen LogP contribution >= 0.6 is 7.26 Å². The molecular weight excluding hydrogens is 403 g/mol. The van der Waals surface area contributed by atoms with E-state index in [-0.39, 0.29) is 12.4 Å². The summed E-state index contributed by atoms with van der Waals surface area (Å²) in [5.74, 6) is 0. The van der Waals surface area contributed by atoms with Gasteiger partial charge in [0.1, 0.15) is 5.30 Å². The normalized spacial score (nSPS) is 11.6. The Balaban J connectivity index is 0.00000450. The molecule has 170 valence electrons. The number of hydrogen-bond donors (Lipinski definition) is 0. The van der Waals surface area contributed by atoms with Crippen molar-refractivity contribution in [1.29, 1.82) is 0 Å². The quantitative estimate of drug-likeness (QED) is 0.211. The van der Waals surface area contributed by atoms with Crippen LogP contribution in [0.2, 0.25) is 0 Å². The number of unbranched alkanes of at least 4 members (excludes halogenated alkanes) is 13. The van der Waals surface area contributed by atoms with Gasteiger partial charge < -0.3 is 12.4 Å². The van der Waals surface area contributed by atoms with Crippen LogP contribution in [0.15, 0.2) is 42.5 Å². The summed E-state index contributed by atoms with van der Waals surface area (Å²) in [4.78, 5) is 0. The van der Waals surface area contributed by atoms with Crippen LogP contribution in [0.1, 0.15) is 96.8 Å². The molecule has 0 fully saturated rings. The molecule has 2 heteroatoms. The fourth-order valence-corrected chi connectivity index (χ4v) is 7.16. The molecule has 0 unspecified atom stereocenters. The largest absolute Gasteiger partial charge is 1.00 e. The second kappa shape index (κ2) is 16.1. The minimum atomic E-state index is -1.02. The van der Waals surface area contributed by atoms with Gasteiger partial charge in [-0.1, -0.05) is 120 Å². The Kier molecular flexibility index (Phi) is 14.7. The van der Waals surface area contributed by atoms with Gasteiger partial charge in [0.15, 0.2) is 0 Å². The number of halogens is 1. The number of rotatable bonds is 16. The van der Waals surface area contributed by atoms with Crippen LogP contribution in [0.5, 0.6) is 0 Å². The van der Waals surface area contributed by atoms with E-state index < -0.39 is 7.26 Å². The van der Waals surface area contributed by atoms with E-state index in [2.05, 4.69) is 62.7 Å². The van der Waals surface area contributed by atoms with Crippen molar-refractivity contribution >= 4 is 23.3 Å². The van der Waals surface area contributed by atoms with Gasteiger partial charge in [-0.15, -0.1) is 0 Å². The van der Waals surface area contributed by atoms with Gasteiger partial charge in [0, 0.05) is 12.6 Å². The van der Waals surface area contributed by atoms with E-state index in [0.717, 1.165) is 0 Å². The Hall–Kier alpha value is -0.580. The van der Waals surface area contributed by atoms with E-state index in [1.807, 2.05) is 0 Å². The lowest BCUT2D eigenvalue weighted by atomic mass is 10.0. The Morgan fingerprint density at radius 1 is 0.567 bits per heavy atom. The zero-order chi connectivity index (χ0) is 20.8. The molecule has 0 atom stereocenters. The number of fused-ring (bicyclic) bond motifs is 1. The highest BCUT2D eigenvalue weighted by Gasteiger charge is 2.29. The molecule has 0 aliphatic rings. The Labute approximate surface area is 194 Å². The van der Waals surface area contributed by atoms with Crippen molar-refractivity contribution in [3.8, 4) is 0 Å². The average Bonchev–Trinajstić information content (AvgIpc) is 2.73. The first-order valence-corrected chi connectivity index (χ1v) is 15.3. The zero-order valence-electron chi connectivity index (χ0n) is 20.0. The predicted molar refractivity (Wildman–Crippen MR) is 138 cm³/mol. The van der Waals surface area contributed by atoms with Crippen LogP contribution in [0, 0.1) is 0 Å². The van der Waals surface area contributed by atoms with Crippen molar-refractivity contribution in [2.75, 3.05) is 19.5 Å². The molecule has 2 aromatic rings. The minimum absolute atomic E-state index is 0. The fourth-order valence-electron chi connectivity index (χ4n) is 4.56. The van der Waals surface area contributed by atoms with Crippen LogP contribution in [0.25, 0.3) is 10.8 Å². The summed E-state index contributed by atoms with van der Waals surface area (Å²) in [6, 6.07) is 15.8. The van der Waals surface area contributed by atoms with Crippen molar-refractivity contribution in [1.82, 2.24) is 0 Å². The standard InChI is InChI=1S/C28H46P.ClH/c1-4-5-6-7-8-9-10-11-12-13-14-15-16-19-25-29(2,3)28-24-20-22-26-21-17-18-23-27(26)28;/h17-18,20-24H,4-16,19,25H2,1-3H3;1H/q+1;/p-1. The van der Waals surface area contributed by atoms with Gasteiger partial charge in [0.25, 0.3) is 0 Å². The molecule has 0 bridgehead atoms. The van der Waals surface area contributed by atoms with Gasteiger partial charge in [-0.2, -0.15) is 0 Å². The maximum absolute atomic E-state index is 2.54. The molecule has 0 radical (unpaired) electrons. The van der Waals surface area contributed by atoms with E-state index >= 15 is 0 Å². The third-order valence-corrected chi connectivity index (χ3v) is 9.62. The van der Waals surface area contributed by atoms with Crippen LogP contribution in [0.4, 0.5) is 0 Å². The van der Waals surface area contributed by atoms with Crippen molar-refractivity contribution in [3.63, 3.8) is 0 Å². The Bertz CT molecular complexity index is 674. The topological polar surface area (TPSA) is 0 Å². The predicted octanol–water partition coefficient (Wildman–Crippen LogP) is 6.23. The summed E-state index contributed by atoms with van der Waals surface area (Å²) < 4.78 is 0. The highest BCUT2D eigenvalue weighted by Crippen LogP contribution is 2.52. The fraction of sp³-hybridized carbons (Fsp3) is 0.643. The molecular formula is C28H46ClP. The van der Waals surface area contributed by atoms with E-state index in [1.54, 1.807) is 5.30 Å². The third-order valence-electron chi connectivity index (χ3n) is 6.49. The van der Waals surface area contributed by atoms with E-state index in [0.29, 0.717) is 0 Å². The third kappa shape index (κ3) is 10.2. The lowest BCUT2D eigenvalue weighted by Crippen LogP contribution is -3.00. The summed E-state index contributed by atoms with van der Waals surface area (Å²) in [6.07, 6.45) is 21.6. The first kappa shape index (κ1) is 27.5. The average molecular weight is 449 g/mol. The second-order valence-electron chi connectivity index (χ2n) is 9.50. The first-order chi connectivity index (χ1) is 14.1. The molecule has 0 spiro atoms. The molecule has 30 heavy (non-hydrogen) atoms. The molecule has 0 nitrogen and oxygen atoms in total. The van der Waals surface area contributed by atoms with Gasteiger partial charge in [-0.25, -0.2) is 0 Å². The lowest BCUT2D eigenvalue weighted by molar-refractivity contribution is -0.00000626. The highest BCUT2D eigenvalue weighted by atomic mass is 35.5. The molecule has 0 saturated carbocycles. The minimum Gasteiger partial charge on any atom is -1.00 e. The summed E-state index contributed by atoms with van der Waals surface area (Å²) in [5, 5.41) is 4.52. The summed E-state index contributed by atoms with van der Waals surface area (Å²) in [6.45, 7) is 7.38. The number of hydrogen-bond acceptors (Lipinski definition) is 0. The van der Waals surface area contributed by atoms with Gasteiger partial charge in [0.05, 0.1) is 19.5 Å². The van der Waals surface area contributed by atoms with Crippen molar-refractivity contribution in [2.24, 2.45) is 0 Å². The van der Waals surface area contributed by atoms with Crippen LogP contribution in [-0.4, -0.2) is 19.5 Å². The van der Waals surface area contributed by atoms with Crippen molar-refractivity contribution < 1.29 is 12.4 Å². The maximum Gasteiger partial charge on any atom is 0.101 e. The molecule has 0 heterocycles. The lowest BCUT2D eigenvalue weighted by Gasteiger charge is -2.20. The van der Waals surface area contributed by atoms with E-state index in [9.17, 15) is 0 Å². The second-order valence-corrected chi connectivity index (χ2v) is 13.8. The Morgan fingerprint density at radius 2 is 1.03 bits per heavy atom. The summed E-state index contributed by atoms with van der Waals surface area (Å²) in [5.41, 5.74) is 0. The molecule has 0 aliphatic heterocycles. The van der Waals surface area contributed by atoms with Crippen molar-refractivity contribution in [2.45, 2.75) is 96.8 Å². The van der Waals surface area contributed by atoms with Gasteiger partial charge in [-0.3, -0.25) is 0 Å². The van der Waals surface area contributed by atoms with Gasteiger partial charge in [0.2, 0.25) is 0 Å². The Morgan fingerprint density at radius 3 is 1.60 bits per heavy atom. The van der Waals surface area contributed by atoms with Crippen LogP contribution < -0.4 is 17.7 Å². The van der Waals surface area contributed by atoms with Gasteiger partial charge >= 0.3 is 0 Å². The first-order valence-electron chi connectivity index (χ1n) is 12.5. The van der Waals surface area contributed by atoms with Crippen LogP contribution in [-0.2, 0) is 0 Å². The zero-order valence-corrected chi connectivity index (χ0v) is 21.6. The smallest absolute Gasteiger partial charge is 0.101 e. The van der Waals surface area contributed by atoms with Gasteiger partial charge in [-0.05, 0) is 24.3 Å². The molecule has 0 N–H and O–H groups in total. The molecule has 0 amide bonds. The molecule has 2 aromatic carbocycles. The summed E-state index contributed by atoms with van der Waals surface area (Å²) >= 11 is 0. The van der Waals surface area contributed by atoms with E-state index in [4.69, 9.17) is 0 Å². The molecule has 0 aromatic heterocycles.